The summed E-state index contributed by atoms with van der Waals surface area (Å²) in [7, 11) is 0. The number of carbonyl (C=O) groups is 1. The fraction of sp³-hybridized carbons (Fsp3) is 0.412. The van der Waals surface area contributed by atoms with Crippen LogP contribution in [0, 0.1) is 6.92 Å². The van der Waals surface area contributed by atoms with Crippen LogP contribution in [0.3, 0.4) is 0 Å². The van der Waals surface area contributed by atoms with Crippen molar-refractivity contribution in [1.82, 2.24) is 9.88 Å². The Balaban J connectivity index is 1.40. The second-order valence-corrected chi connectivity index (χ2v) is 7.52. The number of carbonyl (C=O) groups excluding carboxylic acids is 1. The molecule has 2 aromatic rings. The molecule has 122 valence electrons. The van der Waals surface area contributed by atoms with Crippen molar-refractivity contribution in [3.63, 3.8) is 0 Å². The number of rotatable bonds is 5. The van der Waals surface area contributed by atoms with Crippen LogP contribution < -0.4 is 4.90 Å². The Morgan fingerprint density at radius 1 is 1.22 bits per heavy atom. The number of aryl methyl sites for hydroxylation is 1. The number of benzene rings is 1. The van der Waals surface area contributed by atoms with Crippen molar-refractivity contribution < 1.29 is 4.79 Å². The summed E-state index contributed by atoms with van der Waals surface area (Å²) >= 11 is 3.36. The van der Waals surface area contributed by atoms with Crippen LogP contribution in [-0.2, 0) is 10.5 Å². The fourth-order valence-corrected chi connectivity index (χ4v) is 4.14. The van der Waals surface area contributed by atoms with Crippen LogP contribution in [0.1, 0.15) is 11.1 Å². The van der Waals surface area contributed by atoms with Gasteiger partial charge >= 0.3 is 0 Å². The van der Waals surface area contributed by atoms with Crippen LogP contribution in [0.25, 0.3) is 0 Å². The topological polar surface area (TPSA) is 36.4 Å². The maximum Gasteiger partial charge on any atom is 0.232 e. The van der Waals surface area contributed by atoms with E-state index in [2.05, 4.69) is 41.1 Å². The first-order valence-electron chi connectivity index (χ1n) is 7.78. The van der Waals surface area contributed by atoms with Crippen LogP contribution in [-0.4, -0.2) is 47.7 Å². The molecule has 0 saturated carbocycles. The Bertz CT molecular complexity index is 620. The van der Waals surface area contributed by atoms with E-state index in [-0.39, 0.29) is 5.91 Å². The van der Waals surface area contributed by atoms with Crippen LogP contribution in [0.2, 0.25) is 0 Å². The monoisotopic (exact) mass is 347 g/mol. The van der Waals surface area contributed by atoms with Gasteiger partial charge in [-0.05, 0) is 12.5 Å². The average molecular weight is 348 g/mol. The predicted molar refractivity (Wildman–Crippen MR) is 98.2 cm³/mol. The smallest absolute Gasteiger partial charge is 0.232 e. The molecule has 3 rings (SSSR count). The lowest BCUT2D eigenvalue weighted by Gasteiger charge is -2.34. The summed E-state index contributed by atoms with van der Waals surface area (Å²) < 4.78 is 0. The maximum absolute atomic E-state index is 12.3. The molecule has 1 saturated heterocycles. The molecular formula is C17H21N3OS2. The Morgan fingerprint density at radius 2 is 1.96 bits per heavy atom. The zero-order valence-corrected chi connectivity index (χ0v) is 14.9. The largest absolute Gasteiger partial charge is 0.345 e. The lowest BCUT2D eigenvalue weighted by atomic mass is 10.2. The third-order valence-electron chi connectivity index (χ3n) is 3.94. The quantitative estimate of drug-likeness (QED) is 0.833. The summed E-state index contributed by atoms with van der Waals surface area (Å²) in [6, 6.07) is 8.52. The average Bonchev–Trinajstić information content (AvgIpc) is 3.11. The summed E-state index contributed by atoms with van der Waals surface area (Å²) in [4.78, 5) is 20.9. The number of aromatic nitrogens is 1. The van der Waals surface area contributed by atoms with Gasteiger partial charge in [0.1, 0.15) is 0 Å². The van der Waals surface area contributed by atoms with Crippen molar-refractivity contribution in [1.29, 1.82) is 0 Å². The number of hydrogen-bond donors (Lipinski definition) is 0. The van der Waals surface area contributed by atoms with Gasteiger partial charge in [0.05, 0.1) is 5.75 Å². The first kappa shape index (κ1) is 16.3. The van der Waals surface area contributed by atoms with Crippen molar-refractivity contribution in [2.75, 3.05) is 36.8 Å². The molecule has 23 heavy (non-hydrogen) atoms. The van der Waals surface area contributed by atoms with Gasteiger partial charge in [0, 0.05) is 43.5 Å². The molecule has 1 amide bonds. The molecule has 0 bridgehead atoms. The van der Waals surface area contributed by atoms with Crippen molar-refractivity contribution in [3.05, 3.63) is 47.0 Å². The van der Waals surface area contributed by atoms with E-state index < -0.39 is 0 Å². The molecule has 1 aliphatic heterocycles. The molecule has 1 aromatic carbocycles. The van der Waals surface area contributed by atoms with E-state index in [1.807, 2.05) is 16.5 Å². The molecule has 0 N–H and O–H groups in total. The SMILES string of the molecule is Cc1ccc(CSCC(=O)N2CCN(c3nccs3)CC2)cc1. The summed E-state index contributed by atoms with van der Waals surface area (Å²) in [5, 5.41) is 3.06. The van der Waals surface area contributed by atoms with Gasteiger partial charge in [-0.2, -0.15) is 0 Å². The molecule has 4 nitrogen and oxygen atoms in total. The third-order valence-corrected chi connectivity index (χ3v) is 5.76. The first-order valence-corrected chi connectivity index (χ1v) is 9.81. The minimum atomic E-state index is 0.251. The van der Waals surface area contributed by atoms with Crippen molar-refractivity contribution in [2.24, 2.45) is 0 Å². The Labute approximate surface area is 145 Å². The molecule has 1 aliphatic rings. The van der Waals surface area contributed by atoms with E-state index in [0.29, 0.717) is 5.75 Å². The third kappa shape index (κ3) is 4.48. The second kappa shape index (κ2) is 7.84. The number of thiazole rings is 1. The number of amides is 1. The Kier molecular flexibility index (Phi) is 5.56. The van der Waals surface area contributed by atoms with Crippen molar-refractivity contribution in [2.45, 2.75) is 12.7 Å². The number of piperazine rings is 1. The predicted octanol–water partition coefficient (Wildman–Crippen LogP) is 3.03. The van der Waals surface area contributed by atoms with E-state index in [9.17, 15) is 4.79 Å². The van der Waals surface area contributed by atoms with Gasteiger partial charge in [-0.1, -0.05) is 29.8 Å². The van der Waals surface area contributed by atoms with E-state index in [0.717, 1.165) is 37.1 Å². The molecule has 0 aliphatic carbocycles. The Hall–Kier alpha value is -1.53. The van der Waals surface area contributed by atoms with Gasteiger partial charge in [0.15, 0.2) is 5.13 Å². The molecule has 6 heteroatoms. The fourth-order valence-electron chi connectivity index (χ4n) is 2.55. The maximum atomic E-state index is 12.3. The van der Waals surface area contributed by atoms with Crippen LogP contribution in [0.5, 0.6) is 0 Å². The minimum absolute atomic E-state index is 0.251. The lowest BCUT2D eigenvalue weighted by Crippen LogP contribution is -2.49. The zero-order chi connectivity index (χ0) is 16.1. The lowest BCUT2D eigenvalue weighted by molar-refractivity contribution is -0.128. The first-order chi connectivity index (χ1) is 11.2. The van der Waals surface area contributed by atoms with Gasteiger partial charge in [0.25, 0.3) is 0 Å². The summed E-state index contributed by atoms with van der Waals surface area (Å²) in [5.41, 5.74) is 2.55. The van der Waals surface area contributed by atoms with E-state index in [1.165, 1.54) is 11.1 Å². The second-order valence-electron chi connectivity index (χ2n) is 5.66. The van der Waals surface area contributed by atoms with E-state index in [4.69, 9.17) is 0 Å². The number of anilines is 1. The van der Waals surface area contributed by atoms with Crippen LogP contribution in [0.4, 0.5) is 5.13 Å². The minimum Gasteiger partial charge on any atom is -0.345 e. The summed E-state index contributed by atoms with van der Waals surface area (Å²) in [6.45, 7) is 5.43. The van der Waals surface area contributed by atoms with Gasteiger partial charge < -0.3 is 9.80 Å². The highest BCUT2D eigenvalue weighted by atomic mass is 32.2. The van der Waals surface area contributed by atoms with Gasteiger partial charge in [-0.15, -0.1) is 23.1 Å². The van der Waals surface area contributed by atoms with Crippen LogP contribution in [0.15, 0.2) is 35.8 Å². The van der Waals surface area contributed by atoms with Gasteiger partial charge in [-0.25, -0.2) is 4.98 Å². The molecule has 1 aromatic heterocycles. The van der Waals surface area contributed by atoms with E-state index >= 15 is 0 Å². The molecule has 0 radical (unpaired) electrons. The van der Waals surface area contributed by atoms with Crippen molar-refractivity contribution >= 4 is 34.1 Å². The van der Waals surface area contributed by atoms with E-state index in [1.54, 1.807) is 23.1 Å². The highest BCUT2D eigenvalue weighted by Gasteiger charge is 2.22. The highest BCUT2D eigenvalue weighted by molar-refractivity contribution is 7.99. The Morgan fingerprint density at radius 3 is 2.61 bits per heavy atom. The molecule has 0 atom stereocenters. The van der Waals surface area contributed by atoms with Gasteiger partial charge in [0.2, 0.25) is 5.91 Å². The number of hydrogen-bond acceptors (Lipinski definition) is 5. The number of thioether (sulfide) groups is 1. The molecule has 1 fully saturated rings. The molecule has 2 heterocycles. The standard InChI is InChI=1S/C17H21N3OS2/c1-14-2-4-15(5-3-14)12-22-13-16(21)19-7-9-20(10-8-19)17-18-6-11-23-17/h2-6,11H,7-10,12-13H2,1H3. The summed E-state index contributed by atoms with van der Waals surface area (Å²) in [5.74, 6) is 1.71. The van der Waals surface area contributed by atoms with Crippen molar-refractivity contribution in [3.8, 4) is 0 Å². The summed E-state index contributed by atoms with van der Waals surface area (Å²) in [6.07, 6.45) is 1.83. The molecule has 0 unspecified atom stereocenters. The van der Waals surface area contributed by atoms with Crippen LogP contribution >= 0.6 is 23.1 Å². The molecule has 0 spiro atoms. The highest BCUT2D eigenvalue weighted by Crippen LogP contribution is 2.19. The zero-order valence-electron chi connectivity index (χ0n) is 13.3. The number of nitrogens with zero attached hydrogens (tertiary/aromatic N) is 3. The van der Waals surface area contributed by atoms with Gasteiger partial charge in [-0.3, -0.25) is 4.79 Å². The molecular weight excluding hydrogens is 326 g/mol. The normalized spacial score (nSPS) is 15.0.